The van der Waals surface area contributed by atoms with Crippen LogP contribution in [0.3, 0.4) is 0 Å². The van der Waals surface area contributed by atoms with E-state index in [1.54, 1.807) is 13.8 Å². The number of aldehydes is 1. The summed E-state index contributed by atoms with van der Waals surface area (Å²) in [6.07, 6.45) is -0.861. The number of carbonyl (C=O) groups is 1. The number of carbonyl (C=O) groups excluding carboxylic acids is 1. The number of hydrogen-bond acceptors (Lipinski definition) is 6. The van der Waals surface area contributed by atoms with Crippen molar-refractivity contribution in [2.24, 2.45) is 0 Å². The zero-order chi connectivity index (χ0) is 13.2. The predicted molar refractivity (Wildman–Crippen MR) is 58.6 cm³/mol. The third kappa shape index (κ3) is 1.71. The molecule has 1 unspecified atom stereocenters. The Hall–Kier alpha value is -0.530. The molecule has 0 saturated carbocycles. The highest BCUT2D eigenvalue weighted by atomic mass is 16.9. The summed E-state index contributed by atoms with van der Waals surface area (Å²) in [7, 11) is 0. The molecule has 3 saturated heterocycles. The van der Waals surface area contributed by atoms with Gasteiger partial charge in [-0.1, -0.05) is 0 Å². The molecule has 3 aliphatic rings. The van der Waals surface area contributed by atoms with E-state index < -0.39 is 35.7 Å². The second-order valence-electron chi connectivity index (χ2n) is 5.84. The average Bonchev–Trinajstić information content (AvgIpc) is 2.81. The summed E-state index contributed by atoms with van der Waals surface area (Å²) in [5.74, 6) is -2.55. The summed E-state index contributed by atoms with van der Waals surface area (Å²) in [5.41, 5.74) is 0. The highest BCUT2D eigenvalue weighted by molar-refractivity contribution is 5.58. The molecular formula is C12H18O6. The molecule has 4 atom stereocenters. The van der Waals surface area contributed by atoms with Crippen LogP contribution in [0.1, 0.15) is 27.7 Å². The first-order chi connectivity index (χ1) is 8.27. The van der Waals surface area contributed by atoms with Gasteiger partial charge < -0.3 is 28.5 Å². The van der Waals surface area contributed by atoms with Crippen LogP contribution in [0.4, 0.5) is 0 Å². The lowest BCUT2D eigenvalue weighted by Crippen LogP contribution is -2.46. The van der Waals surface area contributed by atoms with E-state index in [1.807, 2.05) is 13.8 Å². The van der Waals surface area contributed by atoms with Crippen LogP contribution in [0.25, 0.3) is 0 Å². The molecule has 18 heavy (non-hydrogen) atoms. The topological polar surface area (TPSA) is 63.2 Å². The molecule has 0 N–H and O–H groups in total. The Morgan fingerprint density at radius 2 is 1.78 bits per heavy atom. The second-order valence-corrected chi connectivity index (χ2v) is 5.84. The first kappa shape index (κ1) is 12.5. The Kier molecular flexibility index (Phi) is 2.44. The van der Waals surface area contributed by atoms with E-state index in [1.165, 1.54) is 0 Å². The third-order valence-electron chi connectivity index (χ3n) is 3.40. The minimum atomic E-state index is -1.05. The van der Waals surface area contributed by atoms with E-state index in [2.05, 4.69) is 0 Å². The van der Waals surface area contributed by atoms with Gasteiger partial charge in [0.1, 0.15) is 24.9 Å². The average molecular weight is 258 g/mol. The van der Waals surface area contributed by atoms with Crippen molar-refractivity contribution < 1.29 is 28.5 Å². The Labute approximate surface area is 105 Å². The van der Waals surface area contributed by atoms with Gasteiger partial charge in [-0.3, -0.25) is 0 Å². The molecule has 3 heterocycles. The number of fused-ring (bicyclic) bond motifs is 2. The van der Waals surface area contributed by atoms with Gasteiger partial charge >= 0.3 is 0 Å². The van der Waals surface area contributed by atoms with E-state index in [0.29, 0.717) is 0 Å². The number of ether oxygens (including phenoxy) is 5. The van der Waals surface area contributed by atoms with Gasteiger partial charge in [-0.15, -0.1) is 0 Å². The molecule has 6 nitrogen and oxygen atoms in total. The van der Waals surface area contributed by atoms with Crippen LogP contribution < -0.4 is 0 Å². The molecule has 0 aromatic rings. The van der Waals surface area contributed by atoms with Crippen molar-refractivity contribution in [3.8, 4) is 0 Å². The van der Waals surface area contributed by atoms with Gasteiger partial charge in [0.2, 0.25) is 5.79 Å². The fourth-order valence-corrected chi connectivity index (χ4v) is 2.79. The van der Waals surface area contributed by atoms with E-state index in [9.17, 15) is 4.79 Å². The molecule has 0 aromatic heterocycles. The molecule has 1 spiro atoms. The fourth-order valence-electron chi connectivity index (χ4n) is 2.79. The summed E-state index contributed by atoms with van der Waals surface area (Å²) < 4.78 is 28.6. The van der Waals surface area contributed by atoms with Crippen LogP contribution in [-0.4, -0.2) is 48.6 Å². The largest absolute Gasteiger partial charge is 0.345 e. The fraction of sp³-hybridized carbons (Fsp3) is 0.917. The standard InChI is InChI=1S/C12H18O6/c1-10(2)14-6-12(18-10)9-8(7(5-13)15-12)16-11(3,4)17-9/h5,7-9H,6H2,1-4H3/t7-,8+,9+,12?/m0/s1. The zero-order valence-electron chi connectivity index (χ0n) is 11.0. The van der Waals surface area contributed by atoms with Gasteiger partial charge in [0, 0.05) is 0 Å². The van der Waals surface area contributed by atoms with E-state index in [-0.39, 0.29) is 6.61 Å². The highest BCUT2D eigenvalue weighted by Gasteiger charge is 2.67. The van der Waals surface area contributed by atoms with Crippen molar-refractivity contribution in [3.63, 3.8) is 0 Å². The molecule has 6 heteroatoms. The summed E-state index contributed by atoms with van der Waals surface area (Å²) in [5, 5.41) is 0. The molecule has 102 valence electrons. The van der Waals surface area contributed by atoms with Crippen LogP contribution in [0.5, 0.6) is 0 Å². The molecule has 0 aromatic carbocycles. The minimum Gasteiger partial charge on any atom is -0.345 e. The summed E-state index contributed by atoms with van der Waals surface area (Å²) in [6.45, 7) is 7.44. The second kappa shape index (κ2) is 3.52. The van der Waals surface area contributed by atoms with Crippen molar-refractivity contribution in [2.45, 2.75) is 63.4 Å². The van der Waals surface area contributed by atoms with Gasteiger partial charge in [0.25, 0.3) is 0 Å². The highest BCUT2D eigenvalue weighted by Crippen LogP contribution is 2.48. The van der Waals surface area contributed by atoms with Crippen LogP contribution in [0.15, 0.2) is 0 Å². The third-order valence-corrected chi connectivity index (χ3v) is 3.40. The minimum absolute atomic E-state index is 0.227. The lowest BCUT2D eigenvalue weighted by atomic mass is 10.1. The Morgan fingerprint density at radius 3 is 2.33 bits per heavy atom. The van der Waals surface area contributed by atoms with Gasteiger partial charge in [-0.2, -0.15) is 0 Å². The van der Waals surface area contributed by atoms with E-state index >= 15 is 0 Å². The predicted octanol–water partition coefficient (Wildman–Crippen LogP) is 0.583. The molecule has 3 rings (SSSR count). The van der Waals surface area contributed by atoms with Crippen molar-refractivity contribution in [1.29, 1.82) is 0 Å². The number of rotatable bonds is 1. The normalized spacial score (nSPS) is 48.6. The molecule has 3 aliphatic heterocycles. The zero-order valence-corrected chi connectivity index (χ0v) is 11.0. The van der Waals surface area contributed by atoms with Gasteiger partial charge in [-0.25, -0.2) is 0 Å². The van der Waals surface area contributed by atoms with Crippen molar-refractivity contribution in [1.82, 2.24) is 0 Å². The molecule has 0 aliphatic carbocycles. The van der Waals surface area contributed by atoms with Crippen LogP contribution in [0, 0.1) is 0 Å². The quantitative estimate of drug-likeness (QED) is 0.641. The maximum Gasteiger partial charge on any atom is 0.225 e. The smallest absolute Gasteiger partial charge is 0.225 e. The first-order valence-corrected chi connectivity index (χ1v) is 6.10. The van der Waals surface area contributed by atoms with E-state index in [4.69, 9.17) is 23.7 Å². The van der Waals surface area contributed by atoms with Crippen molar-refractivity contribution in [2.75, 3.05) is 6.61 Å². The van der Waals surface area contributed by atoms with Crippen LogP contribution in [-0.2, 0) is 28.5 Å². The first-order valence-electron chi connectivity index (χ1n) is 6.10. The lowest BCUT2D eigenvalue weighted by molar-refractivity contribution is -0.292. The number of hydrogen-bond donors (Lipinski definition) is 0. The maximum absolute atomic E-state index is 11.1. The SMILES string of the molecule is CC1(C)O[C@@H]2[C@H](C=O)OC3(COC(C)(C)O3)[C@@H]2O1. The van der Waals surface area contributed by atoms with Gasteiger partial charge in [0.15, 0.2) is 17.9 Å². The van der Waals surface area contributed by atoms with Crippen LogP contribution >= 0.6 is 0 Å². The Morgan fingerprint density at radius 1 is 1.06 bits per heavy atom. The molecule has 0 bridgehead atoms. The van der Waals surface area contributed by atoms with Gasteiger partial charge in [0.05, 0.1) is 0 Å². The summed E-state index contributed by atoms with van der Waals surface area (Å²) in [6, 6.07) is 0. The van der Waals surface area contributed by atoms with Crippen LogP contribution in [0.2, 0.25) is 0 Å². The van der Waals surface area contributed by atoms with Crippen molar-refractivity contribution in [3.05, 3.63) is 0 Å². The maximum atomic E-state index is 11.1. The monoisotopic (exact) mass is 258 g/mol. The molecular weight excluding hydrogens is 240 g/mol. The molecule has 0 amide bonds. The Balaban J connectivity index is 1.91. The molecule has 3 fully saturated rings. The summed E-state index contributed by atoms with van der Waals surface area (Å²) in [4.78, 5) is 11.1. The summed E-state index contributed by atoms with van der Waals surface area (Å²) >= 11 is 0. The van der Waals surface area contributed by atoms with E-state index in [0.717, 1.165) is 6.29 Å². The van der Waals surface area contributed by atoms with Gasteiger partial charge in [-0.05, 0) is 27.7 Å². The lowest BCUT2D eigenvalue weighted by Gasteiger charge is -2.30. The molecule has 0 radical (unpaired) electrons. The Bertz CT molecular complexity index is 379. The van der Waals surface area contributed by atoms with Crippen molar-refractivity contribution >= 4 is 6.29 Å².